The Bertz CT molecular complexity index is 614. The number of benzene rings is 2. The first kappa shape index (κ1) is 11.9. The molecule has 0 bridgehead atoms. The summed E-state index contributed by atoms with van der Waals surface area (Å²) in [6.45, 7) is 0. The van der Waals surface area contributed by atoms with E-state index in [0.717, 1.165) is 17.7 Å². The predicted octanol–water partition coefficient (Wildman–Crippen LogP) is 3.14. The topological polar surface area (TPSA) is 44.1 Å². The SMILES string of the molecule is CN(c1cccc(C#N)c1)c1ccccc1C=O. The minimum atomic E-state index is 0.600. The van der Waals surface area contributed by atoms with Gasteiger partial charge in [0.05, 0.1) is 17.3 Å². The normalized spacial score (nSPS) is 9.56. The Morgan fingerprint density at radius 3 is 2.67 bits per heavy atom. The minimum absolute atomic E-state index is 0.600. The molecule has 2 rings (SSSR count). The van der Waals surface area contributed by atoms with Gasteiger partial charge < -0.3 is 4.90 Å². The van der Waals surface area contributed by atoms with E-state index in [-0.39, 0.29) is 0 Å². The zero-order valence-electron chi connectivity index (χ0n) is 10.00. The van der Waals surface area contributed by atoms with Gasteiger partial charge in [-0.25, -0.2) is 0 Å². The third-order valence-corrected chi connectivity index (χ3v) is 2.79. The summed E-state index contributed by atoms with van der Waals surface area (Å²) in [5.74, 6) is 0. The standard InChI is InChI=1S/C15H12N2O/c1-17(14-7-4-5-12(9-14)10-16)15-8-3-2-6-13(15)11-18/h2-9,11H,1H3. The van der Waals surface area contributed by atoms with Crippen molar-refractivity contribution in [1.82, 2.24) is 0 Å². The first-order valence-electron chi connectivity index (χ1n) is 5.54. The highest BCUT2D eigenvalue weighted by Crippen LogP contribution is 2.26. The molecule has 0 aromatic heterocycles. The van der Waals surface area contributed by atoms with Crippen molar-refractivity contribution in [1.29, 1.82) is 5.26 Å². The van der Waals surface area contributed by atoms with E-state index in [2.05, 4.69) is 6.07 Å². The van der Waals surface area contributed by atoms with Crippen LogP contribution >= 0.6 is 0 Å². The molecule has 0 aliphatic heterocycles. The molecule has 0 aliphatic rings. The van der Waals surface area contributed by atoms with Gasteiger partial charge in [-0.15, -0.1) is 0 Å². The van der Waals surface area contributed by atoms with Crippen molar-refractivity contribution >= 4 is 17.7 Å². The average molecular weight is 236 g/mol. The van der Waals surface area contributed by atoms with Gasteiger partial charge in [0.2, 0.25) is 0 Å². The van der Waals surface area contributed by atoms with Crippen LogP contribution in [0, 0.1) is 11.3 Å². The van der Waals surface area contributed by atoms with Crippen LogP contribution in [0.2, 0.25) is 0 Å². The summed E-state index contributed by atoms with van der Waals surface area (Å²) in [5, 5.41) is 8.89. The number of nitriles is 1. The molecule has 0 radical (unpaired) electrons. The van der Waals surface area contributed by atoms with Crippen molar-refractivity contribution < 1.29 is 4.79 Å². The van der Waals surface area contributed by atoms with E-state index >= 15 is 0 Å². The van der Waals surface area contributed by atoms with Gasteiger partial charge in [0.1, 0.15) is 0 Å². The van der Waals surface area contributed by atoms with E-state index < -0.39 is 0 Å². The van der Waals surface area contributed by atoms with Crippen LogP contribution in [-0.2, 0) is 0 Å². The molecule has 3 nitrogen and oxygen atoms in total. The van der Waals surface area contributed by atoms with E-state index in [9.17, 15) is 4.79 Å². The predicted molar refractivity (Wildman–Crippen MR) is 71.0 cm³/mol. The number of carbonyl (C=O) groups excluding carboxylic acids is 1. The molecular formula is C15H12N2O. The highest BCUT2D eigenvalue weighted by molar-refractivity contribution is 5.86. The van der Waals surface area contributed by atoms with Gasteiger partial charge in [-0.2, -0.15) is 5.26 Å². The fourth-order valence-electron chi connectivity index (χ4n) is 1.82. The maximum Gasteiger partial charge on any atom is 0.152 e. The molecule has 2 aromatic rings. The second kappa shape index (κ2) is 5.15. The van der Waals surface area contributed by atoms with Crippen LogP contribution in [0.1, 0.15) is 15.9 Å². The Labute approximate surface area is 106 Å². The summed E-state index contributed by atoms with van der Waals surface area (Å²) in [4.78, 5) is 12.9. The molecule has 0 spiro atoms. The molecule has 3 heteroatoms. The largest absolute Gasteiger partial charge is 0.344 e. The Morgan fingerprint density at radius 2 is 1.94 bits per heavy atom. The lowest BCUT2D eigenvalue weighted by molar-refractivity contribution is 0.112. The molecule has 2 aromatic carbocycles. The van der Waals surface area contributed by atoms with Gasteiger partial charge in [-0.05, 0) is 30.3 Å². The molecule has 18 heavy (non-hydrogen) atoms. The van der Waals surface area contributed by atoms with Gasteiger partial charge in [-0.1, -0.05) is 18.2 Å². The maximum atomic E-state index is 11.0. The van der Waals surface area contributed by atoms with Crippen LogP contribution in [0.15, 0.2) is 48.5 Å². The van der Waals surface area contributed by atoms with Crippen LogP contribution < -0.4 is 4.90 Å². The Hall–Kier alpha value is -2.60. The maximum absolute atomic E-state index is 11.0. The molecule has 0 saturated heterocycles. The highest BCUT2D eigenvalue weighted by atomic mass is 16.1. The van der Waals surface area contributed by atoms with Crippen molar-refractivity contribution in [3.05, 3.63) is 59.7 Å². The number of aldehydes is 1. The number of anilines is 2. The summed E-state index contributed by atoms with van der Waals surface area (Å²) in [5.41, 5.74) is 2.93. The summed E-state index contributed by atoms with van der Waals surface area (Å²) >= 11 is 0. The second-order valence-corrected chi connectivity index (χ2v) is 3.90. The second-order valence-electron chi connectivity index (χ2n) is 3.90. The van der Waals surface area contributed by atoms with E-state index in [4.69, 9.17) is 5.26 Å². The third-order valence-electron chi connectivity index (χ3n) is 2.79. The average Bonchev–Trinajstić information content (AvgIpc) is 2.46. The number of hydrogen-bond donors (Lipinski definition) is 0. The van der Waals surface area contributed by atoms with E-state index in [1.165, 1.54) is 0 Å². The van der Waals surface area contributed by atoms with Gasteiger partial charge in [-0.3, -0.25) is 4.79 Å². The zero-order chi connectivity index (χ0) is 13.0. The van der Waals surface area contributed by atoms with Gasteiger partial charge in [0.25, 0.3) is 0 Å². The summed E-state index contributed by atoms with van der Waals surface area (Å²) in [6, 6.07) is 16.7. The lowest BCUT2D eigenvalue weighted by Gasteiger charge is -2.21. The highest BCUT2D eigenvalue weighted by Gasteiger charge is 2.08. The van der Waals surface area contributed by atoms with Gasteiger partial charge in [0.15, 0.2) is 6.29 Å². The summed E-state index contributed by atoms with van der Waals surface area (Å²) in [6.07, 6.45) is 0.833. The van der Waals surface area contributed by atoms with Crippen LogP contribution in [-0.4, -0.2) is 13.3 Å². The lowest BCUT2D eigenvalue weighted by Crippen LogP contribution is -2.11. The summed E-state index contributed by atoms with van der Waals surface area (Å²) < 4.78 is 0. The molecular weight excluding hydrogens is 224 g/mol. The van der Waals surface area contributed by atoms with Crippen LogP contribution in [0.3, 0.4) is 0 Å². The quantitative estimate of drug-likeness (QED) is 0.769. The van der Waals surface area contributed by atoms with Crippen molar-refractivity contribution in [2.75, 3.05) is 11.9 Å². The lowest BCUT2D eigenvalue weighted by atomic mass is 10.1. The molecule has 88 valence electrons. The minimum Gasteiger partial charge on any atom is -0.344 e. The molecule has 0 unspecified atom stereocenters. The molecule has 0 aliphatic carbocycles. The fourth-order valence-corrected chi connectivity index (χ4v) is 1.82. The van der Waals surface area contributed by atoms with E-state index in [1.807, 2.05) is 42.3 Å². The van der Waals surface area contributed by atoms with E-state index in [0.29, 0.717) is 11.1 Å². The van der Waals surface area contributed by atoms with Crippen LogP contribution in [0.5, 0.6) is 0 Å². The van der Waals surface area contributed by atoms with Gasteiger partial charge >= 0.3 is 0 Å². The number of carbonyl (C=O) groups is 1. The monoisotopic (exact) mass is 236 g/mol. The Balaban J connectivity index is 2.44. The molecule has 0 heterocycles. The number of para-hydroxylation sites is 1. The smallest absolute Gasteiger partial charge is 0.152 e. The molecule has 0 atom stereocenters. The Morgan fingerprint density at radius 1 is 1.17 bits per heavy atom. The van der Waals surface area contributed by atoms with Crippen molar-refractivity contribution in [2.45, 2.75) is 0 Å². The first-order chi connectivity index (χ1) is 8.76. The van der Waals surface area contributed by atoms with Gasteiger partial charge in [0, 0.05) is 18.3 Å². The molecule has 0 amide bonds. The molecule has 0 saturated carbocycles. The molecule has 0 N–H and O–H groups in total. The number of nitrogens with zero attached hydrogens (tertiary/aromatic N) is 2. The van der Waals surface area contributed by atoms with Crippen molar-refractivity contribution in [3.63, 3.8) is 0 Å². The fraction of sp³-hybridized carbons (Fsp3) is 0.0667. The van der Waals surface area contributed by atoms with Crippen molar-refractivity contribution in [2.24, 2.45) is 0 Å². The van der Waals surface area contributed by atoms with E-state index in [1.54, 1.807) is 18.2 Å². The number of hydrogen-bond acceptors (Lipinski definition) is 3. The van der Waals surface area contributed by atoms with Crippen molar-refractivity contribution in [3.8, 4) is 6.07 Å². The molecule has 0 fully saturated rings. The Kier molecular flexibility index (Phi) is 3.40. The van der Waals surface area contributed by atoms with Crippen LogP contribution in [0.4, 0.5) is 11.4 Å². The van der Waals surface area contributed by atoms with Crippen LogP contribution in [0.25, 0.3) is 0 Å². The third kappa shape index (κ3) is 2.23. The zero-order valence-corrected chi connectivity index (χ0v) is 10.00. The first-order valence-corrected chi connectivity index (χ1v) is 5.54. The summed E-state index contributed by atoms with van der Waals surface area (Å²) in [7, 11) is 1.87. The number of rotatable bonds is 3.